The fourth-order valence-corrected chi connectivity index (χ4v) is 2.76. The lowest BCUT2D eigenvalue weighted by atomic mass is 9.82. The molecule has 0 aliphatic rings. The van der Waals surface area contributed by atoms with Crippen molar-refractivity contribution in [3.05, 3.63) is 35.4 Å². The van der Waals surface area contributed by atoms with Crippen LogP contribution in [0.25, 0.3) is 0 Å². The number of nitrogens with one attached hydrogen (secondary N) is 1. The molecule has 0 aromatic heterocycles. The van der Waals surface area contributed by atoms with Gasteiger partial charge in [-0.2, -0.15) is 0 Å². The Bertz CT molecular complexity index is 400. The van der Waals surface area contributed by atoms with Crippen LogP contribution in [0, 0.1) is 0 Å². The second-order valence-corrected chi connectivity index (χ2v) is 6.09. The van der Waals surface area contributed by atoms with E-state index in [1.165, 1.54) is 11.1 Å². The smallest absolute Gasteiger partial charge is 0.0504 e. The van der Waals surface area contributed by atoms with E-state index in [4.69, 9.17) is 0 Å². The number of benzene rings is 1. The van der Waals surface area contributed by atoms with Gasteiger partial charge in [-0.1, -0.05) is 45.0 Å². The van der Waals surface area contributed by atoms with E-state index in [1.807, 2.05) is 0 Å². The lowest BCUT2D eigenvalue weighted by Crippen LogP contribution is -2.51. The Morgan fingerprint density at radius 2 is 1.90 bits per heavy atom. The summed E-state index contributed by atoms with van der Waals surface area (Å²) in [5.41, 5.74) is 2.96. The molecule has 0 saturated carbocycles. The quantitative estimate of drug-likeness (QED) is 0.771. The molecule has 0 aliphatic heterocycles. The molecular formula is C18H32N2. The van der Waals surface area contributed by atoms with E-state index in [9.17, 15) is 0 Å². The predicted octanol–water partition coefficient (Wildman–Crippen LogP) is 4.02. The van der Waals surface area contributed by atoms with E-state index in [0.717, 1.165) is 25.8 Å². The van der Waals surface area contributed by atoms with E-state index < -0.39 is 0 Å². The minimum atomic E-state index is 0.127. The van der Waals surface area contributed by atoms with Crippen LogP contribution in [0.2, 0.25) is 0 Å². The SMILES string of the molecule is CCCNC(c1cccc(CC)c1)C(C)(CC)N(C)C. The van der Waals surface area contributed by atoms with Gasteiger partial charge in [0.2, 0.25) is 0 Å². The number of rotatable bonds is 8. The van der Waals surface area contributed by atoms with E-state index in [1.54, 1.807) is 0 Å². The highest BCUT2D eigenvalue weighted by molar-refractivity contribution is 5.28. The molecule has 1 aromatic rings. The molecule has 1 N–H and O–H groups in total. The summed E-state index contributed by atoms with van der Waals surface area (Å²) in [6, 6.07) is 9.42. The van der Waals surface area contributed by atoms with E-state index in [0.29, 0.717) is 6.04 Å². The zero-order chi connectivity index (χ0) is 15.2. The summed E-state index contributed by atoms with van der Waals surface area (Å²) in [5, 5.41) is 3.77. The lowest BCUT2D eigenvalue weighted by Gasteiger charge is -2.43. The van der Waals surface area contributed by atoms with Crippen LogP contribution in [-0.2, 0) is 6.42 Å². The maximum atomic E-state index is 3.77. The highest BCUT2D eigenvalue weighted by Crippen LogP contribution is 2.33. The summed E-state index contributed by atoms with van der Waals surface area (Å²) in [6.45, 7) is 10.2. The van der Waals surface area contributed by atoms with Gasteiger partial charge >= 0.3 is 0 Å². The van der Waals surface area contributed by atoms with Gasteiger partial charge in [-0.3, -0.25) is 0 Å². The normalized spacial score (nSPS) is 16.1. The predicted molar refractivity (Wildman–Crippen MR) is 89.2 cm³/mol. The molecule has 2 nitrogen and oxygen atoms in total. The van der Waals surface area contributed by atoms with Crippen LogP contribution in [0.4, 0.5) is 0 Å². The highest BCUT2D eigenvalue weighted by atomic mass is 15.2. The number of nitrogens with zero attached hydrogens (tertiary/aromatic N) is 1. The second-order valence-electron chi connectivity index (χ2n) is 6.09. The summed E-state index contributed by atoms with van der Waals surface area (Å²) < 4.78 is 0. The molecular weight excluding hydrogens is 244 g/mol. The standard InChI is InChI=1S/C18H32N2/c1-7-13-19-17(18(4,9-3)20(5)6)16-12-10-11-15(8-2)14-16/h10-12,14,17,19H,7-9,13H2,1-6H3. The third-order valence-electron chi connectivity index (χ3n) is 4.65. The Labute approximate surface area is 125 Å². The largest absolute Gasteiger partial charge is 0.308 e. The van der Waals surface area contributed by atoms with Gasteiger partial charge in [0.1, 0.15) is 0 Å². The number of aryl methyl sites for hydroxylation is 1. The van der Waals surface area contributed by atoms with Gasteiger partial charge in [0.05, 0.1) is 6.04 Å². The molecule has 0 amide bonds. The molecule has 0 radical (unpaired) electrons. The third kappa shape index (κ3) is 3.83. The van der Waals surface area contributed by atoms with Gasteiger partial charge in [0, 0.05) is 5.54 Å². The molecule has 0 bridgehead atoms. The van der Waals surface area contributed by atoms with Crippen LogP contribution in [0.3, 0.4) is 0 Å². The van der Waals surface area contributed by atoms with Crippen LogP contribution in [0.5, 0.6) is 0 Å². The first kappa shape index (κ1) is 17.2. The molecule has 1 rings (SSSR count). The minimum absolute atomic E-state index is 0.127. The van der Waals surface area contributed by atoms with Crippen LogP contribution >= 0.6 is 0 Å². The van der Waals surface area contributed by atoms with Crippen molar-refractivity contribution in [2.24, 2.45) is 0 Å². The highest BCUT2D eigenvalue weighted by Gasteiger charge is 2.35. The molecule has 20 heavy (non-hydrogen) atoms. The van der Waals surface area contributed by atoms with Crippen LogP contribution in [0.1, 0.15) is 57.7 Å². The lowest BCUT2D eigenvalue weighted by molar-refractivity contribution is 0.113. The Balaban J connectivity index is 3.16. The summed E-state index contributed by atoms with van der Waals surface area (Å²) in [6.07, 6.45) is 3.38. The summed E-state index contributed by atoms with van der Waals surface area (Å²) >= 11 is 0. The second kappa shape index (κ2) is 7.80. The molecule has 0 spiro atoms. The van der Waals surface area contributed by atoms with Crippen molar-refractivity contribution >= 4 is 0 Å². The molecule has 0 fully saturated rings. The van der Waals surface area contributed by atoms with Crippen molar-refractivity contribution in [3.8, 4) is 0 Å². The molecule has 1 aromatic carbocycles. The van der Waals surface area contributed by atoms with Gasteiger partial charge in [-0.05, 0) is 58.0 Å². The van der Waals surface area contributed by atoms with Crippen molar-refractivity contribution < 1.29 is 0 Å². The first-order valence-electron chi connectivity index (χ1n) is 7.99. The first-order valence-corrected chi connectivity index (χ1v) is 7.99. The van der Waals surface area contributed by atoms with Crippen molar-refractivity contribution in [2.45, 2.75) is 58.5 Å². The first-order chi connectivity index (χ1) is 9.49. The Kier molecular flexibility index (Phi) is 6.70. The van der Waals surface area contributed by atoms with Crippen LogP contribution < -0.4 is 5.32 Å². The van der Waals surface area contributed by atoms with E-state index >= 15 is 0 Å². The van der Waals surface area contributed by atoms with Gasteiger partial charge < -0.3 is 10.2 Å². The molecule has 2 unspecified atom stereocenters. The van der Waals surface area contributed by atoms with E-state index in [-0.39, 0.29) is 5.54 Å². The van der Waals surface area contributed by atoms with Gasteiger partial charge in [-0.25, -0.2) is 0 Å². The average Bonchev–Trinajstić information content (AvgIpc) is 2.47. The van der Waals surface area contributed by atoms with E-state index in [2.05, 4.69) is 76.3 Å². The summed E-state index contributed by atoms with van der Waals surface area (Å²) in [4.78, 5) is 2.36. The van der Waals surface area contributed by atoms with Crippen molar-refractivity contribution in [3.63, 3.8) is 0 Å². The molecule has 0 heterocycles. The fourth-order valence-electron chi connectivity index (χ4n) is 2.76. The average molecular weight is 276 g/mol. The topological polar surface area (TPSA) is 15.3 Å². The molecule has 0 aliphatic carbocycles. The van der Waals surface area contributed by atoms with Gasteiger partial charge in [0.25, 0.3) is 0 Å². The van der Waals surface area contributed by atoms with Crippen LogP contribution in [0.15, 0.2) is 24.3 Å². The minimum Gasteiger partial charge on any atom is -0.308 e. The molecule has 2 atom stereocenters. The molecule has 0 saturated heterocycles. The Morgan fingerprint density at radius 3 is 2.40 bits per heavy atom. The number of hydrogen-bond donors (Lipinski definition) is 1. The maximum absolute atomic E-state index is 3.77. The number of hydrogen-bond acceptors (Lipinski definition) is 2. The molecule has 114 valence electrons. The Hall–Kier alpha value is -0.860. The Morgan fingerprint density at radius 1 is 1.20 bits per heavy atom. The zero-order valence-electron chi connectivity index (χ0n) is 14.2. The van der Waals surface area contributed by atoms with Crippen molar-refractivity contribution in [1.29, 1.82) is 0 Å². The van der Waals surface area contributed by atoms with Crippen molar-refractivity contribution in [2.75, 3.05) is 20.6 Å². The van der Waals surface area contributed by atoms with Gasteiger partial charge in [-0.15, -0.1) is 0 Å². The van der Waals surface area contributed by atoms with Crippen molar-refractivity contribution in [1.82, 2.24) is 10.2 Å². The fraction of sp³-hybridized carbons (Fsp3) is 0.667. The zero-order valence-corrected chi connectivity index (χ0v) is 14.2. The van der Waals surface area contributed by atoms with Crippen LogP contribution in [-0.4, -0.2) is 31.1 Å². The summed E-state index contributed by atoms with van der Waals surface area (Å²) in [7, 11) is 4.38. The maximum Gasteiger partial charge on any atom is 0.0504 e. The third-order valence-corrected chi connectivity index (χ3v) is 4.65. The summed E-state index contributed by atoms with van der Waals surface area (Å²) in [5.74, 6) is 0. The van der Waals surface area contributed by atoms with Gasteiger partial charge in [0.15, 0.2) is 0 Å². The number of likely N-dealkylation sites (N-methyl/N-ethyl adjacent to an activating group) is 1. The molecule has 2 heteroatoms. The monoisotopic (exact) mass is 276 g/mol.